The van der Waals surface area contributed by atoms with Crippen LogP contribution in [-0.4, -0.2) is 59.6 Å². The van der Waals surface area contributed by atoms with Crippen LogP contribution < -0.4 is 0 Å². The lowest BCUT2D eigenvalue weighted by molar-refractivity contribution is -0.135. The molecule has 0 spiro atoms. The van der Waals surface area contributed by atoms with E-state index < -0.39 is 5.60 Å². The normalized spacial score (nSPS) is 29.9. The van der Waals surface area contributed by atoms with Crippen LogP contribution in [0.5, 0.6) is 0 Å². The molecule has 116 valence electrons. The van der Waals surface area contributed by atoms with Gasteiger partial charge in [-0.1, -0.05) is 26.7 Å². The van der Waals surface area contributed by atoms with Crippen LogP contribution in [0, 0.1) is 11.8 Å². The molecule has 2 unspecified atom stereocenters. The van der Waals surface area contributed by atoms with Crippen molar-refractivity contribution in [1.29, 1.82) is 0 Å². The van der Waals surface area contributed by atoms with E-state index in [4.69, 9.17) is 0 Å². The molecule has 0 bridgehead atoms. The number of aliphatic hydroxyl groups is 1. The number of carbonyl (C=O) groups is 1. The Hall–Kier alpha value is -0.610. The van der Waals surface area contributed by atoms with Crippen molar-refractivity contribution >= 4 is 5.91 Å². The van der Waals surface area contributed by atoms with Gasteiger partial charge in [-0.25, -0.2) is 0 Å². The maximum Gasteiger partial charge on any atom is 0.236 e. The van der Waals surface area contributed by atoms with Gasteiger partial charge in [0, 0.05) is 19.6 Å². The van der Waals surface area contributed by atoms with Crippen molar-refractivity contribution in [1.82, 2.24) is 9.80 Å². The lowest BCUT2D eigenvalue weighted by Crippen LogP contribution is -2.48. The molecule has 0 aromatic heterocycles. The zero-order chi connectivity index (χ0) is 14.8. The van der Waals surface area contributed by atoms with Crippen molar-refractivity contribution in [2.45, 2.75) is 51.6 Å². The van der Waals surface area contributed by atoms with E-state index >= 15 is 0 Å². The Morgan fingerprint density at radius 2 is 1.80 bits per heavy atom. The highest BCUT2D eigenvalue weighted by Gasteiger charge is 2.33. The number of hydrogen-bond donors (Lipinski definition) is 1. The topological polar surface area (TPSA) is 43.8 Å². The standard InChI is InChI=1S/C16H30N2O2/c1-13-8-14(2)10-18(9-13)15(19)11-17(3)12-16(20)6-4-5-7-16/h13-14,20H,4-12H2,1-3H3. The summed E-state index contributed by atoms with van der Waals surface area (Å²) in [6.45, 7) is 7.28. The van der Waals surface area contributed by atoms with Gasteiger partial charge in [-0.3, -0.25) is 9.69 Å². The van der Waals surface area contributed by atoms with Gasteiger partial charge in [0.25, 0.3) is 0 Å². The first-order chi connectivity index (χ1) is 9.38. The number of carbonyl (C=O) groups excluding carboxylic acids is 1. The van der Waals surface area contributed by atoms with Crippen molar-refractivity contribution in [3.8, 4) is 0 Å². The van der Waals surface area contributed by atoms with Crippen LogP contribution in [0.15, 0.2) is 0 Å². The predicted molar refractivity (Wildman–Crippen MR) is 80.4 cm³/mol. The number of likely N-dealkylation sites (tertiary alicyclic amines) is 1. The Morgan fingerprint density at radius 3 is 2.35 bits per heavy atom. The molecule has 0 aromatic carbocycles. The summed E-state index contributed by atoms with van der Waals surface area (Å²) in [6.07, 6.45) is 5.20. The maximum atomic E-state index is 12.4. The van der Waals surface area contributed by atoms with Crippen molar-refractivity contribution in [2.24, 2.45) is 11.8 Å². The zero-order valence-electron chi connectivity index (χ0n) is 13.3. The van der Waals surface area contributed by atoms with E-state index in [1.807, 2.05) is 16.8 Å². The second-order valence-corrected chi connectivity index (χ2v) is 7.35. The van der Waals surface area contributed by atoms with Gasteiger partial charge in [-0.15, -0.1) is 0 Å². The van der Waals surface area contributed by atoms with Crippen molar-refractivity contribution < 1.29 is 9.90 Å². The number of hydrogen-bond acceptors (Lipinski definition) is 3. The van der Waals surface area contributed by atoms with Gasteiger partial charge >= 0.3 is 0 Å². The van der Waals surface area contributed by atoms with E-state index in [-0.39, 0.29) is 5.91 Å². The second kappa shape index (κ2) is 6.44. The lowest BCUT2D eigenvalue weighted by atomic mass is 9.92. The molecule has 4 nitrogen and oxygen atoms in total. The molecule has 1 aliphatic carbocycles. The van der Waals surface area contributed by atoms with Gasteiger partial charge in [-0.05, 0) is 38.1 Å². The van der Waals surface area contributed by atoms with Crippen molar-refractivity contribution in [3.63, 3.8) is 0 Å². The van der Waals surface area contributed by atoms with Crippen LogP contribution in [0.25, 0.3) is 0 Å². The predicted octanol–water partition coefficient (Wildman–Crippen LogP) is 1.73. The van der Waals surface area contributed by atoms with E-state index in [2.05, 4.69) is 13.8 Å². The lowest BCUT2D eigenvalue weighted by Gasteiger charge is -2.36. The molecule has 1 amide bonds. The number of nitrogens with zero attached hydrogens (tertiary/aromatic N) is 2. The molecule has 20 heavy (non-hydrogen) atoms. The number of likely N-dealkylation sites (N-methyl/N-ethyl adjacent to an activating group) is 1. The highest BCUT2D eigenvalue weighted by Crippen LogP contribution is 2.30. The molecule has 0 aromatic rings. The summed E-state index contributed by atoms with van der Waals surface area (Å²) in [4.78, 5) is 16.4. The van der Waals surface area contributed by atoms with Gasteiger partial charge in [0.05, 0.1) is 12.1 Å². The molecule has 1 saturated carbocycles. The third-order valence-electron chi connectivity index (χ3n) is 4.73. The van der Waals surface area contributed by atoms with E-state index in [0.717, 1.165) is 38.8 Å². The van der Waals surface area contributed by atoms with Crippen molar-refractivity contribution in [3.05, 3.63) is 0 Å². The Labute approximate surface area is 123 Å². The fraction of sp³-hybridized carbons (Fsp3) is 0.938. The summed E-state index contributed by atoms with van der Waals surface area (Å²) >= 11 is 0. The molecule has 1 saturated heterocycles. The minimum absolute atomic E-state index is 0.215. The number of piperidine rings is 1. The van der Waals surface area contributed by atoms with Gasteiger partial charge in [0.1, 0.15) is 0 Å². The van der Waals surface area contributed by atoms with Gasteiger partial charge < -0.3 is 10.0 Å². The largest absolute Gasteiger partial charge is 0.389 e. The molecule has 1 aliphatic heterocycles. The SMILES string of the molecule is CC1CC(C)CN(C(=O)CN(C)CC2(O)CCCC2)C1. The van der Waals surface area contributed by atoms with Gasteiger partial charge in [-0.2, -0.15) is 0 Å². The van der Waals surface area contributed by atoms with Crippen molar-refractivity contribution in [2.75, 3.05) is 33.2 Å². The molecule has 2 atom stereocenters. The van der Waals surface area contributed by atoms with E-state index in [1.165, 1.54) is 6.42 Å². The average molecular weight is 282 g/mol. The van der Waals surface area contributed by atoms with Crippen LogP contribution in [0.2, 0.25) is 0 Å². The zero-order valence-corrected chi connectivity index (χ0v) is 13.3. The third-order valence-corrected chi connectivity index (χ3v) is 4.73. The number of amides is 1. The van der Waals surface area contributed by atoms with Crippen LogP contribution in [-0.2, 0) is 4.79 Å². The quantitative estimate of drug-likeness (QED) is 0.854. The molecule has 2 fully saturated rings. The molecule has 4 heteroatoms. The molecular weight excluding hydrogens is 252 g/mol. The first-order valence-corrected chi connectivity index (χ1v) is 8.07. The monoisotopic (exact) mass is 282 g/mol. The van der Waals surface area contributed by atoms with E-state index in [1.54, 1.807) is 0 Å². The highest BCUT2D eigenvalue weighted by molar-refractivity contribution is 5.78. The second-order valence-electron chi connectivity index (χ2n) is 7.35. The summed E-state index contributed by atoms with van der Waals surface area (Å²) in [6, 6.07) is 0. The fourth-order valence-electron chi connectivity index (χ4n) is 3.95. The van der Waals surface area contributed by atoms with Crippen LogP contribution in [0.1, 0.15) is 46.0 Å². The molecule has 2 aliphatic rings. The van der Waals surface area contributed by atoms with Gasteiger partial charge in [0.15, 0.2) is 0 Å². The Balaban J connectivity index is 1.81. The van der Waals surface area contributed by atoms with Crippen LogP contribution >= 0.6 is 0 Å². The van der Waals surface area contributed by atoms with Crippen LogP contribution in [0.4, 0.5) is 0 Å². The first kappa shape index (κ1) is 15.8. The summed E-state index contributed by atoms with van der Waals surface area (Å²) in [5.74, 6) is 1.42. The smallest absolute Gasteiger partial charge is 0.236 e. The Bertz CT molecular complexity index is 329. The Morgan fingerprint density at radius 1 is 1.25 bits per heavy atom. The highest BCUT2D eigenvalue weighted by atomic mass is 16.3. The van der Waals surface area contributed by atoms with E-state index in [0.29, 0.717) is 24.9 Å². The molecule has 2 rings (SSSR count). The fourth-order valence-corrected chi connectivity index (χ4v) is 3.95. The van der Waals surface area contributed by atoms with Gasteiger partial charge in [0.2, 0.25) is 5.91 Å². The molecule has 0 radical (unpaired) electrons. The molecular formula is C16H30N2O2. The molecule has 1 N–H and O–H groups in total. The minimum atomic E-state index is -0.558. The number of rotatable bonds is 4. The van der Waals surface area contributed by atoms with E-state index in [9.17, 15) is 9.90 Å². The third kappa shape index (κ3) is 4.19. The Kier molecular flexibility index (Phi) is 5.08. The molecule has 1 heterocycles. The minimum Gasteiger partial charge on any atom is -0.389 e. The average Bonchev–Trinajstić information content (AvgIpc) is 2.73. The van der Waals surface area contributed by atoms with Crippen LogP contribution in [0.3, 0.4) is 0 Å². The first-order valence-electron chi connectivity index (χ1n) is 8.07. The summed E-state index contributed by atoms with van der Waals surface area (Å²) in [5.41, 5.74) is -0.558. The summed E-state index contributed by atoms with van der Waals surface area (Å²) in [5, 5.41) is 10.4. The summed E-state index contributed by atoms with van der Waals surface area (Å²) < 4.78 is 0. The maximum absolute atomic E-state index is 12.4. The summed E-state index contributed by atoms with van der Waals surface area (Å²) in [7, 11) is 1.95.